The summed E-state index contributed by atoms with van der Waals surface area (Å²) in [6.45, 7) is 13.1. The average Bonchev–Trinajstić information content (AvgIpc) is 3.10. The van der Waals surface area contributed by atoms with Crippen molar-refractivity contribution in [2.75, 3.05) is 6.61 Å². The van der Waals surface area contributed by atoms with Crippen molar-refractivity contribution in [3.05, 3.63) is 0 Å². The molecule has 5 atom stereocenters. The zero-order valence-corrected chi connectivity index (χ0v) is 17.3. The first kappa shape index (κ1) is 20.6. The van der Waals surface area contributed by atoms with Crippen LogP contribution in [0.2, 0.25) is 0 Å². The van der Waals surface area contributed by atoms with E-state index in [0.29, 0.717) is 13.0 Å². The summed E-state index contributed by atoms with van der Waals surface area (Å²) in [6.07, 6.45) is 4.42. The van der Waals surface area contributed by atoms with Gasteiger partial charge in [-0.15, -0.1) is 12.3 Å². The molecule has 3 fully saturated rings. The molecule has 0 unspecified atom stereocenters. The van der Waals surface area contributed by atoms with Crippen LogP contribution in [0.25, 0.3) is 0 Å². The molecule has 0 bridgehead atoms. The second kappa shape index (κ2) is 6.71. The molecule has 7 heteroatoms. The molecule has 27 heavy (non-hydrogen) atoms. The number of carbonyl (C=O) groups excluding carboxylic acids is 1. The van der Waals surface area contributed by atoms with Crippen LogP contribution >= 0.6 is 0 Å². The van der Waals surface area contributed by atoms with Crippen molar-refractivity contribution in [3.63, 3.8) is 0 Å². The number of rotatable bonds is 3. The third kappa shape index (κ3) is 3.87. The van der Waals surface area contributed by atoms with Crippen molar-refractivity contribution in [2.45, 2.75) is 103 Å². The zero-order chi connectivity index (χ0) is 20.2. The maximum Gasteiger partial charge on any atom is 0.222 e. The van der Waals surface area contributed by atoms with E-state index in [-0.39, 0.29) is 24.2 Å². The molecule has 0 radical (unpaired) electrons. The van der Waals surface area contributed by atoms with E-state index in [1.165, 1.54) is 6.92 Å². The number of hydrogen-bond acceptors (Lipinski definition) is 6. The fourth-order valence-electron chi connectivity index (χ4n) is 4.49. The minimum absolute atomic E-state index is 0.0968. The van der Waals surface area contributed by atoms with E-state index >= 15 is 0 Å². The van der Waals surface area contributed by atoms with Crippen molar-refractivity contribution >= 4 is 5.91 Å². The predicted molar refractivity (Wildman–Crippen MR) is 97.4 cm³/mol. The lowest BCUT2D eigenvalue weighted by Crippen LogP contribution is -2.56. The van der Waals surface area contributed by atoms with Crippen LogP contribution in [-0.2, 0) is 28.5 Å². The first-order valence-electron chi connectivity index (χ1n) is 9.45. The Labute approximate surface area is 161 Å². The molecule has 0 aromatic heterocycles. The average molecular weight is 381 g/mol. The van der Waals surface area contributed by atoms with Crippen LogP contribution in [0.3, 0.4) is 0 Å². The molecule has 0 aromatic rings. The lowest BCUT2D eigenvalue weighted by molar-refractivity contribution is -0.175. The largest absolute Gasteiger partial charge is 0.350 e. The fourth-order valence-corrected chi connectivity index (χ4v) is 4.49. The Kier molecular flexibility index (Phi) is 5.11. The molecule has 3 heterocycles. The number of carbonyl (C=O) groups is 1. The molecule has 1 amide bonds. The van der Waals surface area contributed by atoms with Crippen molar-refractivity contribution in [2.24, 2.45) is 0 Å². The molecule has 0 N–H and O–H groups in total. The van der Waals surface area contributed by atoms with Gasteiger partial charge in [-0.1, -0.05) is 0 Å². The van der Waals surface area contributed by atoms with Gasteiger partial charge in [0.25, 0.3) is 0 Å². The van der Waals surface area contributed by atoms with Crippen LogP contribution in [0.4, 0.5) is 0 Å². The van der Waals surface area contributed by atoms with Gasteiger partial charge >= 0.3 is 0 Å². The maximum atomic E-state index is 12.5. The van der Waals surface area contributed by atoms with Gasteiger partial charge in [-0.2, -0.15) is 0 Å². The van der Waals surface area contributed by atoms with E-state index in [2.05, 4.69) is 5.92 Å². The van der Waals surface area contributed by atoms with Crippen molar-refractivity contribution < 1.29 is 28.5 Å². The molecule has 0 aromatic carbocycles. The van der Waals surface area contributed by atoms with Gasteiger partial charge in [0.1, 0.15) is 24.0 Å². The first-order chi connectivity index (χ1) is 12.4. The van der Waals surface area contributed by atoms with Gasteiger partial charge in [0.15, 0.2) is 11.6 Å². The van der Waals surface area contributed by atoms with Crippen LogP contribution in [-0.4, -0.2) is 65.2 Å². The minimum atomic E-state index is -0.818. The van der Waals surface area contributed by atoms with Crippen LogP contribution in [0.5, 0.6) is 0 Å². The second-order valence-electron chi connectivity index (χ2n) is 8.82. The van der Waals surface area contributed by atoms with E-state index in [0.717, 1.165) is 0 Å². The molecule has 3 aliphatic heterocycles. The topological polar surface area (TPSA) is 66.5 Å². The number of terminal acetylenes is 1. The number of nitrogens with zero attached hydrogens (tertiary/aromatic N) is 1. The number of amides is 1. The van der Waals surface area contributed by atoms with Gasteiger partial charge in [0, 0.05) is 13.3 Å². The highest BCUT2D eigenvalue weighted by Gasteiger charge is 2.60. The smallest absolute Gasteiger partial charge is 0.222 e. The molecule has 3 aliphatic rings. The Balaban J connectivity index is 1.96. The standard InChI is InChI=1S/C20H31NO6/c1-9-10-13-15(21(12(2)22)18(3,4)24-13)17-16(26-20(7,8)27-17)14-11-23-19(5,6)25-14/h1,13-17H,10-11H2,2-8H3/t13-,14+,15+,16+,17+/m0/s1. The summed E-state index contributed by atoms with van der Waals surface area (Å²) in [5.74, 6) is 1.06. The monoisotopic (exact) mass is 381 g/mol. The van der Waals surface area contributed by atoms with E-state index in [1.807, 2.05) is 41.5 Å². The van der Waals surface area contributed by atoms with E-state index in [9.17, 15) is 4.79 Å². The lowest BCUT2D eigenvalue weighted by Gasteiger charge is -2.37. The van der Waals surface area contributed by atoms with E-state index < -0.39 is 29.5 Å². The number of ether oxygens (including phenoxy) is 5. The van der Waals surface area contributed by atoms with Crippen LogP contribution in [0.1, 0.15) is 54.9 Å². The summed E-state index contributed by atoms with van der Waals surface area (Å²) in [4.78, 5) is 14.2. The molecule has 7 nitrogen and oxygen atoms in total. The quantitative estimate of drug-likeness (QED) is 0.697. The molecule has 3 saturated heterocycles. The Hall–Kier alpha value is -1.17. The Morgan fingerprint density at radius 1 is 1.04 bits per heavy atom. The minimum Gasteiger partial charge on any atom is -0.350 e. The molecular formula is C20H31NO6. The molecule has 0 saturated carbocycles. The lowest BCUT2D eigenvalue weighted by atomic mass is 9.94. The van der Waals surface area contributed by atoms with E-state index in [1.54, 1.807) is 4.90 Å². The van der Waals surface area contributed by atoms with E-state index in [4.69, 9.17) is 30.1 Å². The normalized spacial score (nSPS) is 39.5. The SMILES string of the molecule is C#CC[C@@H]1OC(C)(C)N(C(C)=O)[C@H]1[C@H]1OC(C)(C)O[C@@H]1[C@H]1COC(C)(C)O1. The summed E-state index contributed by atoms with van der Waals surface area (Å²) >= 11 is 0. The van der Waals surface area contributed by atoms with Gasteiger partial charge < -0.3 is 28.6 Å². The molecule has 0 spiro atoms. The highest BCUT2D eigenvalue weighted by molar-refractivity contribution is 5.75. The van der Waals surface area contributed by atoms with Gasteiger partial charge in [-0.25, -0.2) is 0 Å². The van der Waals surface area contributed by atoms with Crippen molar-refractivity contribution in [1.82, 2.24) is 4.90 Å². The highest BCUT2D eigenvalue weighted by Crippen LogP contribution is 2.43. The molecular weight excluding hydrogens is 350 g/mol. The summed E-state index contributed by atoms with van der Waals surface area (Å²) in [6, 6.07) is -0.382. The van der Waals surface area contributed by atoms with Crippen LogP contribution in [0.15, 0.2) is 0 Å². The molecule has 3 rings (SSSR count). The maximum absolute atomic E-state index is 12.5. The van der Waals surface area contributed by atoms with Gasteiger partial charge in [0.05, 0.1) is 18.8 Å². The Bertz CT molecular complexity index is 637. The van der Waals surface area contributed by atoms with Crippen molar-refractivity contribution in [1.29, 1.82) is 0 Å². The molecule has 152 valence electrons. The van der Waals surface area contributed by atoms with Gasteiger partial charge in [0.2, 0.25) is 5.91 Å². The first-order valence-corrected chi connectivity index (χ1v) is 9.45. The predicted octanol–water partition coefficient (Wildman–Crippen LogP) is 2.03. The highest BCUT2D eigenvalue weighted by atomic mass is 16.8. The van der Waals surface area contributed by atoms with Gasteiger partial charge in [-0.3, -0.25) is 4.79 Å². The number of hydrogen-bond donors (Lipinski definition) is 0. The summed E-state index contributed by atoms with van der Waals surface area (Å²) in [5, 5.41) is 0. The van der Waals surface area contributed by atoms with Crippen LogP contribution < -0.4 is 0 Å². The zero-order valence-electron chi connectivity index (χ0n) is 17.3. The fraction of sp³-hybridized carbons (Fsp3) is 0.850. The Morgan fingerprint density at radius 2 is 1.67 bits per heavy atom. The summed E-state index contributed by atoms with van der Waals surface area (Å²) < 4.78 is 30.4. The third-order valence-electron chi connectivity index (χ3n) is 5.25. The van der Waals surface area contributed by atoms with Gasteiger partial charge in [-0.05, 0) is 41.5 Å². The van der Waals surface area contributed by atoms with Crippen molar-refractivity contribution in [3.8, 4) is 12.3 Å². The second-order valence-corrected chi connectivity index (χ2v) is 8.82. The summed E-state index contributed by atoms with van der Waals surface area (Å²) in [7, 11) is 0. The third-order valence-corrected chi connectivity index (χ3v) is 5.25. The Morgan fingerprint density at radius 3 is 2.19 bits per heavy atom. The molecule has 0 aliphatic carbocycles. The summed E-state index contributed by atoms with van der Waals surface area (Å²) in [5.41, 5.74) is -0.787. The van der Waals surface area contributed by atoms with Crippen LogP contribution in [0, 0.1) is 12.3 Å².